The smallest absolute Gasteiger partial charge is 0.333 e. The summed E-state index contributed by atoms with van der Waals surface area (Å²) in [5.74, 6) is 0. The lowest BCUT2D eigenvalue weighted by molar-refractivity contribution is 0.242. The minimum absolute atomic E-state index is 0.0801. The van der Waals surface area contributed by atoms with E-state index in [1.54, 1.807) is 0 Å². The van der Waals surface area contributed by atoms with E-state index in [-0.39, 0.29) is 5.41 Å². The average molecular weight is 129 g/mol. The maximum atomic E-state index is 10.0. The topological polar surface area (TPSA) is 52.9 Å². The van der Waals surface area contributed by atoms with Crippen molar-refractivity contribution in [3.63, 3.8) is 0 Å². The summed E-state index contributed by atoms with van der Waals surface area (Å²) < 4.78 is 0. The zero-order valence-electron chi connectivity index (χ0n) is 6.12. The molecule has 0 saturated carbocycles. The van der Waals surface area contributed by atoms with Crippen molar-refractivity contribution in [2.75, 3.05) is 6.54 Å². The Hall–Kier alpha value is -0.730. The van der Waals surface area contributed by atoms with Crippen LogP contribution in [0, 0.1) is 5.41 Å². The number of carbonyl (C=O) groups is 1. The van der Waals surface area contributed by atoms with E-state index in [9.17, 15) is 4.79 Å². The van der Waals surface area contributed by atoms with E-state index in [0.29, 0.717) is 6.54 Å². The van der Waals surface area contributed by atoms with Crippen LogP contribution in [0.15, 0.2) is 0 Å². The Labute approximate surface area is 55.6 Å². The van der Waals surface area contributed by atoms with Crippen molar-refractivity contribution in [2.24, 2.45) is 5.41 Å². The molecule has 2 N–H and O–H groups in total. The van der Waals surface area contributed by atoms with Crippen LogP contribution in [0.5, 0.6) is 0 Å². The predicted octanol–water partition coefficient (Wildman–Crippen LogP) is 1.02. The fraction of sp³-hybridized carbons (Fsp3) is 0.833. The molecule has 0 aromatic rings. The summed E-state index contributed by atoms with van der Waals surface area (Å²) >= 11 is 0. The van der Waals surface area contributed by atoms with Gasteiger partial charge < -0.3 is 5.32 Å². The van der Waals surface area contributed by atoms with E-state index < -0.39 is 6.03 Å². The molecule has 9 heavy (non-hydrogen) atoms. The van der Waals surface area contributed by atoms with Gasteiger partial charge in [-0.25, -0.2) is 10.5 Å². The predicted molar refractivity (Wildman–Crippen MR) is 36.0 cm³/mol. The summed E-state index contributed by atoms with van der Waals surface area (Å²) in [6, 6.07) is -0.704. The summed E-state index contributed by atoms with van der Waals surface area (Å²) in [6.45, 7) is 6.57. The molecule has 0 aromatic heterocycles. The Kier molecular flexibility index (Phi) is 2.49. The van der Waals surface area contributed by atoms with Crippen LogP contribution in [0.1, 0.15) is 20.8 Å². The zero-order chi connectivity index (χ0) is 7.49. The van der Waals surface area contributed by atoms with Gasteiger partial charge in [-0.05, 0) is 5.41 Å². The highest BCUT2D eigenvalue weighted by molar-refractivity contribution is 5.70. The standard InChI is InChI=1S/C6H13N2O/c1-6(2,3)4-8-5(7)9/h7H,4H2,1-3H3,(H,8,9). The Bertz CT molecular complexity index is 104. The van der Waals surface area contributed by atoms with Gasteiger partial charge in [-0.1, -0.05) is 20.8 Å². The minimum atomic E-state index is -0.704. The highest BCUT2D eigenvalue weighted by Crippen LogP contribution is 2.09. The largest absolute Gasteiger partial charge is 0.336 e. The third-order valence-corrected chi connectivity index (χ3v) is 0.779. The molecule has 3 nitrogen and oxygen atoms in total. The Balaban J connectivity index is 3.39. The molecular weight excluding hydrogens is 116 g/mol. The third kappa shape index (κ3) is 7.27. The van der Waals surface area contributed by atoms with Crippen LogP contribution in [0.4, 0.5) is 4.79 Å². The van der Waals surface area contributed by atoms with Gasteiger partial charge in [0.05, 0.1) is 0 Å². The first-order chi connectivity index (χ1) is 3.92. The summed E-state index contributed by atoms with van der Waals surface area (Å²) in [5, 5.41) is 2.41. The molecule has 2 amide bonds. The second-order valence-corrected chi connectivity index (χ2v) is 3.24. The molecule has 0 heterocycles. The van der Waals surface area contributed by atoms with E-state index in [0.717, 1.165) is 0 Å². The first kappa shape index (κ1) is 8.27. The molecule has 0 atom stereocenters. The number of amides is 2. The van der Waals surface area contributed by atoms with Crippen molar-refractivity contribution in [1.29, 1.82) is 0 Å². The van der Waals surface area contributed by atoms with Crippen LogP contribution in [-0.4, -0.2) is 12.6 Å². The first-order valence-electron chi connectivity index (χ1n) is 2.91. The van der Waals surface area contributed by atoms with Crippen LogP contribution in [0.25, 0.3) is 0 Å². The Morgan fingerprint density at radius 3 is 2.11 bits per heavy atom. The van der Waals surface area contributed by atoms with Crippen LogP contribution in [0.2, 0.25) is 0 Å². The second kappa shape index (κ2) is 2.71. The van der Waals surface area contributed by atoms with Crippen molar-refractivity contribution in [2.45, 2.75) is 20.8 Å². The molecular formula is C6H13N2O. The van der Waals surface area contributed by atoms with Crippen LogP contribution in [-0.2, 0) is 0 Å². The van der Waals surface area contributed by atoms with Crippen molar-refractivity contribution >= 4 is 6.03 Å². The Morgan fingerprint density at radius 1 is 1.56 bits per heavy atom. The molecule has 3 heteroatoms. The maximum absolute atomic E-state index is 10.0. The van der Waals surface area contributed by atoms with E-state index in [4.69, 9.17) is 5.73 Å². The minimum Gasteiger partial charge on any atom is -0.336 e. The number of nitrogens with one attached hydrogen (secondary N) is 2. The number of hydrogen-bond acceptors (Lipinski definition) is 1. The monoisotopic (exact) mass is 129 g/mol. The maximum Gasteiger partial charge on any atom is 0.333 e. The summed E-state index contributed by atoms with van der Waals surface area (Å²) in [7, 11) is 0. The lowest BCUT2D eigenvalue weighted by Gasteiger charge is -2.16. The highest BCUT2D eigenvalue weighted by atomic mass is 16.2. The van der Waals surface area contributed by atoms with Gasteiger partial charge in [0.2, 0.25) is 0 Å². The average Bonchev–Trinajstić information content (AvgIpc) is 1.59. The summed E-state index contributed by atoms with van der Waals surface area (Å²) in [5.41, 5.74) is 6.59. The number of rotatable bonds is 1. The van der Waals surface area contributed by atoms with E-state index in [2.05, 4.69) is 5.32 Å². The summed E-state index contributed by atoms with van der Waals surface area (Å²) in [4.78, 5) is 10.0. The fourth-order valence-corrected chi connectivity index (χ4v) is 0.345. The van der Waals surface area contributed by atoms with Gasteiger partial charge in [-0.15, -0.1) is 0 Å². The molecule has 0 aliphatic carbocycles. The quantitative estimate of drug-likeness (QED) is 0.564. The molecule has 1 radical (unpaired) electrons. The molecule has 0 spiro atoms. The van der Waals surface area contributed by atoms with E-state index in [1.807, 2.05) is 20.8 Å². The van der Waals surface area contributed by atoms with E-state index >= 15 is 0 Å². The number of carbonyl (C=O) groups excluding carboxylic acids is 1. The van der Waals surface area contributed by atoms with Gasteiger partial charge in [0, 0.05) is 6.54 Å². The van der Waals surface area contributed by atoms with Gasteiger partial charge in [0.1, 0.15) is 0 Å². The molecule has 0 aliphatic heterocycles. The van der Waals surface area contributed by atoms with Crippen LogP contribution in [0.3, 0.4) is 0 Å². The lowest BCUT2D eigenvalue weighted by Crippen LogP contribution is -2.31. The van der Waals surface area contributed by atoms with Gasteiger partial charge in [0.15, 0.2) is 0 Å². The van der Waals surface area contributed by atoms with Crippen molar-refractivity contribution < 1.29 is 4.79 Å². The van der Waals surface area contributed by atoms with E-state index in [1.165, 1.54) is 0 Å². The molecule has 53 valence electrons. The molecule has 0 unspecified atom stereocenters. The first-order valence-corrected chi connectivity index (χ1v) is 2.91. The molecule has 0 aromatic carbocycles. The molecule has 0 aliphatic rings. The van der Waals surface area contributed by atoms with Crippen LogP contribution >= 0.6 is 0 Å². The normalized spacial score (nSPS) is 11.0. The van der Waals surface area contributed by atoms with Crippen molar-refractivity contribution in [3.05, 3.63) is 0 Å². The van der Waals surface area contributed by atoms with Crippen LogP contribution < -0.4 is 11.1 Å². The van der Waals surface area contributed by atoms with Crippen molar-refractivity contribution in [1.82, 2.24) is 11.1 Å². The van der Waals surface area contributed by atoms with Crippen molar-refractivity contribution in [3.8, 4) is 0 Å². The lowest BCUT2D eigenvalue weighted by atomic mass is 9.97. The SMILES string of the molecule is CC(C)(C)CNC([NH])=O. The molecule has 0 saturated heterocycles. The number of urea groups is 1. The highest BCUT2D eigenvalue weighted by Gasteiger charge is 2.09. The van der Waals surface area contributed by atoms with Gasteiger partial charge in [-0.3, -0.25) is 0 Å². The van der Waals surface area contributed by atoms with Gasteiger partial charge in [-0.2, -0.15) is 0 Å². The zero-order valence-corrected chi connectivity index (χ0v) is 6.12. The fourth-order valence-electron chi connectivity index (χ4n) is 0.345. The summed E-state index contributed by atoms with van der Waals surface area (Å²) in [6.07, 6.45) is 0. The Morgan fingerprint density at radius 2 is 2.00 bits per heavy atom. The molecule has 0 fully saturated rings. The molecule has 0 rings (SSSR count). The number of hydrogen-bond donors (Lipinski definition) is 1. The van der Waals surface area contributed by atoms with Gasteiger partial charge in [0.25, 0.3) is 0 Å². The third-order valence-electron chi connectivity index (χ3n) is 0.779. The second-order valence-electron chi connectivity index (χ2n) is 3.24. The molecule has 0 bridgehead atoms. The van der Waals surface area contributed by atoms with Gasteiger partial charge >= 0.3 is 6.03 Å².